The maximum absolute atomic E-state index is 12.3. The summed E-state index contributed by atoms with van der Waals surface area (Å²) >= 11 is 3.28. The van der Waals surface area contributed by atoms with Crippen LogP contribution in [0, 0.1) is 5.41 Å². The average Bonchev–Trinajstić information content (AvgIpc) is 2.24. The van der Waals surface area contributed by atoms with E-state index in [1.54, 1.807) is 26.0 Å². The lowest BCUT2D eigenvalue weighted by molar-refractivity contribution is -0.146. The van der Waals surface area contributed by atoms with E-state index in [1.807, 2.05) is 0 Å². The number of benzene rings is 1. The highest BCUT2D eigenvalue weighted by Gasteiger charge is 2.35. The van der Waals surface area contributed by atoms with Crippen molar-refractivity contribution in [1.82, 2.24) is 0 Å². The molecule has 1 saturated heterocycles. The van der Waals surface area contributed by atoms with Crippen LogP contribution in [0.5, 0.6) is 0 Å². The third kappa shape index (κ3) is 3.30. The van der Waals surface area contributed by atoms with E-state index in [0.29, 0.717) is 10.9 Å². The van der Waals surface area contributed by atoms with E-state index in [1.165, 1.54) is 6.07 Å². The number of rotatable bonds is 5. The van der Waals surface area contributed by atoms with Crippen LogP contribution < -0.4 is 0 Å². The minimum absolute atomic E-state index is 0.225. The van der Waals surface area contributed by atoms with Crippen molar-refractivity contribution in [3.63, 3.8) is 0 Å². The second-order valence-corrected chi connectivity index (χ2v) is 8.89. The predicted octanol–water partition coefficient (Wildman–Crippen LogP) is 2.27. The molecule has 1 N–H and O–H groups in total. The summed E-state index contributed by atoms with van der Waals surface area (Å²) in [5, 5.41) is 8.66. The van der Waals surface area contributed by atoms with E-state index in [2.05, 4.69) is 15.9 Å². The molecule has 1 heterocycles. The number of hydrogen-bond donors (Lipinski definition) is 1. The molecule has 116 valence electrons. The molecule has 0 spiro atoms. The molecule has 1 fully saturated rings. The zero-order chi connectivity index (χ0) is 15.8. The van der Waals surface area contributed by atoms with Crippen molar-refractivity contribution in [3.05, 3.63) is 28.2 Å². The van der Waals surface area contributed by atoms with Crippen molar-refractivity contribution >= 4 is 31.7 Å². The smallest absolute Gasteiger partial charge is 0.309 e. The molecular formula is C14H17BrO5S. The summed E-state index contributed by atoms with van der Waals surface area (Å²) in [6.45, 7) is 3.73. The first kappa shape index (κ1) is 16.5. The number of carboxylic acid groups (broad SMARTS) is 1. The van der Waals surface area contributed by atoms with E-state index in [-0.39, 0.29) is 18.1 Å². The van der Waals surface area contributed by atoms with E-state index >= 15 is 0 Å². The predicted molar refractivity (Wildman–Crippen MR) is 81.1 cm³/mol. The van der Waals surface area contributed by atoms with Crippen LogP contribution in [0.4, 0.5) is 0 Å². The Morgan fingerprint density at radius 2 is 2.05 bits per heavy atom. The lowest BCUT2D eigenvalue weighted by atomic mass is 9.86. The molecule has 0 aliphatic carbocycles. The van der Waals surface area contributed by atoms with Crippen LogP contribution >= 0.6 is 15.9 Å². The summed E-state index contributed by atoms with van der Waals surface area (Å²) < 4.78 is 30.1. The largest absolute Gasteiger partial charge is 0.481 e. The van der Waals surface area contributed by atoms with Crippen molar-refractivity contribution in [2.75, 3.05) is 13.2 Å². The van der Waals surface area contributed by atoms with Crippen molar-refractivity contribution in [2.45, 2.75) is 30.4 Å². The van der Waals surface area contributed by atoms with Gasteiger partial charge in [-0.25, -0.2) is 8.42 Å². The molecule has 0 saturated carbocycles. The van der Waals surface area contributed by atoms with Gasteiger partial charge in [0.2, 0.25) is 0 Å². The molecule has 7 heteroatoms. The Bertz CT molecular complexity index is 662. The molecular weight excluding hydrogens is 360 g/mol. The van der Waals surface area contributed by atoms with Gasteiger partial charge in [-0.2, -0.15) is 0 Å². The summed E-state index contributed by atoms with van der Waals surface area (Å²) in [5.41, 5.74) is -0.125. The first-order valence-electron chi connectivity index (χ1n) is 6.48. The summed E-state index contributed by atoms with van der Waals surface area (Å²) in [4.78, 5) is 11.4. The van der Waals surface area contributed by atoms with E-state index in [0.717, 1.165) is 5.56 Å². The number of sulfone groups is 1. The first-order valence-corrected chi connectivity index (χ1v) is 8.82. The SMILES string of the molecule is CC(C)(Cc1ccc(S(=O)(=O)C2COC2)c(Br)c1)C(=O)O. The average molecular weight is 377 g/mol. The zero-order valence-electron chi connectivity index (χ0n) is 11.8. The Labute approximate surface area is 132 Å². The van der Waals surface area contributed by atoms with Crippen LogP contribution in [-0.4, -0.2) is 38.0 Å². The minimum atomic E-state index is -3.40. The van der Waals surface area contributed by atoms with Crippen molar-refractivity contribution in [1.29, 1.82) is 0 Å². The van der Waals surface area contributed by atoms with Gasteiger partial charge in [0.25, 0.3) is 0 Å². The normalized spacial score (nSPS) is 16.5. The molecule has 1 aliphatic rings. The lowest BCUT2D eigenvalue weighted by Gasteiger charge is -2.26. The summed E-state index contributed by atoms with van der Waals surface area (Å²) in [7, 11) is -3.40. The highest BCUT2D eigenvalue weighted by Crippen LogP contribution is 2.31. The monoisotopic (exact) mass is 376 g/mol. The maximum Gasteiger partial charge on any atom is 0.309 e. The maximum atomic E-state index is 12.3. The van der Waals surface area contributed by atoms with Crippen LogP contribution in [0.15, 0.2) is 27.6 Å². The van der Waals surface area contributed by atoms with Gasteiger partial charge in [-0.1, -0.05) is 6.07 Å². The first-order chi connectivity index (χ1) is 9.64. The van der Waals surface area contributed by atoms with Gasteiger partial charge in [-0.15, -0.1) is 0 Å². The molecule has 21 heavy (non-hydrogen) atoms. The molecule has 1 aromatic rings. The Balaban J connectivity index is 2.28. The summed E-state index contributed by atoms with van der Waals surface area (Å²) in [6, 6.07) is 4.88. The third-order valence-electron chi connectivity index (χ3n) is 3.57. The number of carbonyl (C=O) groups is 1. The number of hydrogen-bond acceptors (Lipinski definition) is 4. The van der Waals surface area contributed by atoms with E-state index < -0.39 is 26.5 Å². The van der Waals surface area contributed by atoms with Gasteiger partial charge in [-0.05, 0) is 53.9 Å². The fraction of sp³-hybridized carbons (Fsp3) is 0.500. The number of carboxylic acids is 1. The van der Waals surface area contributed by atoms with Crippen molar-refractivity contribution in [3.8, 4) is 0 Å². The van der Waals surface area contributed by atoms with Gasteiger partial charge in [0.05, 0.1) is 23.5 Å². The van der Waals surface area contributed by atoms with Gasteiger partial charge < -0.3 is 9.84 Å². The van der Waals surface area contributed by atoms with Crippen LogP contribution in [0.1, 0.15) is 19.4 Å². The van der Waals surface area contributed by atoms with Crippen LogP contribution in [0.3, 0.4) is 0 Å². The van der Waals surface area contributed by atoms with Gasteiger partial charge in [0.1, 0.15) is 5.25 Å². The second-order valence-electron chi connectivity index (χ2n) is 5.84. The van der Waals surface area contributed by atoms with Gasteiger partial charge in [0.15, 0.2) is 9.84 Å². The zero-order valence-corrected chi connectivity index (χ0v) is 14.2. The molecule has 0 bridgehead atoms. The van der Waals surface area contributed by atoms with Crippen molar-refractivity contribution < 1.29 is 23.1 Å². The molecule has 2 rings (SSSR count). The molecule has 1 aliphatic heterocycles. The van der Waals surface area contributed by atoms with Crippen LogP contribution in [-0.2, 0) is 25.8 Å². The quantitative estimate of drug-likeness (QED) is 0.852. The Hall–Kier alpha value is -0.920. The second kappa shape index (κ2) is 5.70. The third-order valence-corrected chi connectivity index (χ3v) is 6.61. The van der Waals surface area contributed by atoms with Gasteiger partial charge in [-0.3, -0.25) is 4.79 Å². The van der Waals surface area contributed by atoms with Crippen LogP contribution in [0.25, 0.3) is 0 Å². The molecule has 0 aromatic heterocycles. The molecule has 1 aromatic carbocycles. The highest BCUT2D eigenvalue weighted by molar-refractivity contribution is 9.10. The van der Waals surface area contributed by atoms with Crippen LogP contribution in [0.2, 0.25) is 0 Å². The molecule has 0 atom stereocenters. The number of ether oxygens (including phenoxy) is 1. The summed E-state index contributed by atoms with van der Waals surface area (Å²) in [5.74, 6) is -0.887. The van der Waals surface area contributed by atoms with Gasteiger partial charge in [0, 0.05) is 4.47 Å². The standard InChI is InChI=1S/C14H17BrO5S/c1-14(2,13(16)17)6-9-3-4-12(11(15)5-9)21(18,19)10-7-20-8-10/h3-5,10H,6-8H2,1-2H3,(H,16,17). The Morgan fingerprint density at radius 3 is 2.48 bits per heavy atom. The van der Waals surface area contributed by atoms with E-state index in [4.69, 9.17) is 9.84 Å². The molecule has 5 nitrogen and oxygen atoms in total. The number of halogens is 1. The topological polar surface area (TPSA) is 80.7 Å². The van der Waals surface area contributed by atoms with Crippen molar-refractivity contribution in [2.24, 2.45) is 5.41 Å². The molecule has 0 radical (unpaired) electrons. The minimum Gasteiger partial charge on any atom is -0.481 e. The highest BCUT2D eigenvalue weighted by atomic mass is 79.9. The van der Waals surface area contributed by atoms with E-state index in [9.17, 15) is 13.2 Å². The fourth-order valence-electron chi connectivity index (χ4n) is 2.04. The van der Waals surface area contributed by atoms with Gasteiger partial charge >= 0.3 is 5.97 Å². The Morgan fingerprint density at radius 1 is 1.43 bits per heavy atom. The number of aliphatic carboxylic acids is 1. The fourth-order valence-corrected chi connectivity index (χ4v) is 4.65. The lowest BCUT2D eigenvalue weighted by Crippen LogP contribution is -2.40. The molecule has 0 amide bonds. The molecule has 0 unspecified atom stereocenters. The Kier molecular flexibility index (Phi) is 4.46. The summed E-state index contributed by atoms with van der Waals surface area (Å²) in [6.07, 6.45) is 0.327.